The largest absolute Gasteiger partial charge is 0.478 e. The fraction of sp³-hybridized carbons (Fsp3) is 0.364. The van der Waals surface area contributed by atoms with E-state index >= 15 is 0 Å². The van der Waals surface area contributed by atoms with Crippen LogP contribution in [0.1, 0.15) is 17.3 Å². The molecule has 1 heterocycles. The van der Waals surface area contributed by atoms with Crippen LogP contribution in [0.5, 0.6) is 0 Å². The van der Waals surface area contributed by atoms with Crippen LogP contribution in [-0.4, -0.2) is 24.2 Å². The summed E-state index contributed by atoms with van der Waals surface area (Å²) in [5.41, 5.74) is 1.06. The van der Waals surface area contributed by atoms with E-state index in [4.69, 9.17) is 16.7 Å². The van der Waals surface area contributed by atoms with Crippen molar-refractivity contribution in [3.05, 3.63) is 28.8 Å². The predicted octanol–water partition coefficient (Wildman–Crippen LogP) is 2.49. The molecule has 1 aromatic rings. The first-order chi connectivity index (χ1) is 7.08. The van der Waals surface area contributed by atoms with Crippen LogP contribution in [0.15, 0.2) is 18.2 Å². The van der Waals surface area contributed by atoms with E-state index in [1.807, 2.05) is 4.90 Å². The molecule has 0 unspecified atom stereocenters. The maximum Gasteiger partial charge on any atom is 0.337 e. The number of rotatable bonds is 2. The Bertz CT molecular complexity index is 400. The van der Waals surface area contributed by atoms with E-state index in [1.165, 1.54) is 0 Å². The molecule has 1 saturated heterocycles. The second-order valence-corrected chi connectivity index (χ2v) is 4.41. The van der Waals surface area contributed by atoms with Gasteiger partial charge in [-0.25, -0.2) is 4.79 Å². The van der Waals surface area contributed by atoms with Crippen LogP contribution in [0, 0.1) is 5.92 Å². The van der Waals surface area contributed by atoms with Crippen molar-refractivity contribution < 1.29 is 9.90 Å². The van der Waals surface area contributed by atoms with Gasteiger partial charge in [0.2, 0.25) is 0 Å². The number of carboxylic acid groups (broad SMARTS) is 1. The Morgan fingerprint density at radius 2 is 2.20 bits per heavy atom. The zero-order chi connectivity index (χ0) is 11.0. The lowest BCUT2D eigenvalue weighted by molar-refractivity contribution is 0.0697. The normalized spacial score (nSPS) is 16.3. The maximum atomic E-state index is 11.0. The van der Waals surface area contributed by atoms with Crippen LogP contribution in [-0.2, 0) is 0 Å². The van der Waals surface area contributed by atoms with Gasteiger partial charge in [-0.15, -0.1) is 0 Å². The number of aromatic carboxylic acids is 1. The lowest BCUT2D eigenvalue weighted by Crippen LogP contribution is -2.45. The van der Waals surface area contributed by atoms with Gasteiger partial charge in [0, 0.05) is 18.1 Å². The van der Waals surface area contributed by atoms with Crippen molar-refractivity contribution in [3.8, 4) is 0 Å². The summed E-state index contributed by atoms with van der Waals surface area (Å²) in [4.78, 5) is 13.0. The third kappa shape index (κ3) is 1.92. The molecule has 1 aromatic carbocycles. The van der Waals surface area contributed by atoms with E-state index in [-0.39, 0.29) is 0 Å². The quantitative estimate of drug-likeness (QED) is 0.841. The van der Waals surface area contributed by atoms with Gasteiger partial charge in [0.15, 0.2) is 0 Å². The Morgan fingerprint density at radius 3 is 2.73 bits per heavy atom. The van der Waals surface area contributed by atoms with Crippen LogP contribution < -0.4 is 4.90 Å². The molecule has 1 aliphatic heterocycles. The molecule has 3 nitrogen and oxygen atoms in total. The van der Waals surface area contributed by atoms with Crippen LogP contribution >= 0.6 is 11.6 Å². The lowest BCUT2D eigenvalue weighted by Gasteiger charge is -2.39. The molecule has 0 amide bonds. The zero-order valence-electron chi connectivity index (χ0n) is 8.40. The minimum absolute atomic E-state index is 0.325. The molecule has 80 valence electrons. The van der Waals surface area contributed by atoms with Crippen molar-refractivity contribution in [2.24, 2.45) is 5.92 Å². The topological polar surface area (TPSA) is 40.5 Å². The summed E-state index contributed by atoms with van der Waals surface area (Å²) >= 11 is 5.86. The Hall–Kier alpha value is -1.22. The summed E-state index contributed by atoms with van der Waals surface area (Å²) in [7, 11) is 0. The summed E-state index contributed by atoms with van der Waals surface area (Å²) in [6.45, 7) is 3.95. The fourth-order valence-corrected chi connectivity index (χ4v) is 2.01. The number of halogens is 1. The van der Waals surface area contributed by atoms with Gasteiger partial charge in [0.05, 0.1) is 11.3 Å². The van der Waals surface area contributed by atoms with Gasteiger partial charge in [0.1, 0.15) is 0 Å². The lowest BCUT2D eigenvalue weighted by atomic mass is 10.00. The van der Waals surface area contributed by atoms with Crippen molar-refractivity contribution in [2.75, 3.05) is 18.0 Å². The SMILES string of the molecule is CC1CN(c2cc(Cl)ccc2C(=O)O)C1. The monoisotopic (exact) mass is 225 g/mol. The second-order valence-electron chi connectivity index (χ2n) is 3.98. The van der Waals surface area contributed by atoms with E-state index in [1.54, 1.807) is 18.2 Å². The molecule has 15 heavy (non-hydrogen) atoms. The summed E-state index contributed by atoms with van der Waals surface area (Å²) in [5, 5.41) is 9.60. The molecular formula is C11H12ClNO2. The van der Waals surface area contributed by atoms with Gasteiger partial charge in [-0.3, -0.25) is 0 Å². The summed E-state index contributed by atoms with van der Waals surface area (Å²) in [6, 6.07) is 4.89. The molecule has 0 radical (unpaired) electrons. The molecule has 1 fully saturated rings. The molecule has 0 spiro atoms. The summed E-state index contributed by atoms with van der Waals surface area (Å²) in [5.74, 6) is -0.271. The Labute approximate surface area is 93.3 Å². The highest BCUT2D eigenvalue weighted by atomic mass is 35.5. The molecular weight excluding hydrogens is 214 g/mol. The molecule has 4 heteroatoms. The number of benzene rings is 1. The smallest absolute Gasteiger partial charge is 0.337 e. The van der Waals surface area contributed by atoms with Gasteiger partial charge < -0.3 is 10.0 Å². The summed E-state index contributed by atoms with van der Waals surface area (Å²) < 4.78 is 0. The van der Waals surface area contributed by atoms with Gasteiger partial charge >= 0.3 is 5.97 Å². The average molecular weight is 226 g/mol. The highest BCUT2D eigenvalue weighted by Crippen LogP contribution is 2.30. The highest BCUT2D eigenvalue weighted by Gasteiger charge is 2.26. The van der Waals surface area contributed by atoms with Crippen LogP contribution in [0.25, 0.3) is 0 Å². The molecule has 2 rings (SSSR count). The standard InChI is InChI=1S/C11H12ClNO2/c1-7-5-13(6-7)10-4-8(12)2-3-9(10)11(14)15/h2-4,7H,5-6H2,1H3,(H,14,15). The molecule has 1 aliphatic rings. The average Bonchev–Trinajstić information content (AvgIpc) is 2.12. The van der Waals surface area contributed by atoms with Crippen molar-refractivity contribution in [3.63, 3.8) is 0 Å². The third-order valence-corrected chi connectivity index (χ3v) is 2.83. The molecule has 0 atom stereocenters. The van der Waals surface area contributed by atoms with Gasteiger partial charge in [-0.1, -0.05) is 18.5 Å². The van der Waals surface area contributed by atoms with E-state index in [2.05, 4.69) is 6.92 Å². The first-order valence-electron chi connectivity index (χ1n) is 4.85. The van der Waals surface area contributed by atoms with Crippen molar-refractivity contribution in [2.45, 2.75) is 6.92 Å². The number of hydrogen-bond acceptors (Lipinski definition) is 2. The number of nitrogens with zero attached hydrogens (tertiary/aromatic N) is 1. The molecule has 0 aromatic heterocycles. The highest BCUT2D eigenvalue weighted by molar-refractivity contribution is 6.31. The van der Waals surface area contributed by atoms with E-state index < -0.39 is 5.97 Å². The Morgan fingerprint density at radius 1 is 1.53 bits per heavy atom. The second kappa shape index (κ2) is 3.74. The van der Waals surface area contributed by atoms with Crippen LogP contribution in [0.4, 0.5) is 5.69 Å². The van der Waals surface area contributed by atoms with Gasteiger partial charge in [-0.05, 0) is 24.1 Å². The number of carboxylic acids is 1. The Balaban J connectivity index is 2.35. The predicted molar refractivity (Wildman–Crippen MR) is 59.8 cm³/mol. The fourth-order valence-electron chi connectivity index (χ4n) is 1.84. The van der Waals surface area contributed by atoms with Crippen LogP contribution in [0.3, 0.4) is 0 Å². The first kappa shape index (κ1) is 10.3. The minimum Gasteiger partial charge on any atom is -0.478 e. The molecule has 0 saturated carbocycles. The Kier molecular flexibility index (Phi) is 2.57. The van der Waals surface area contributed by atoms with Gasteiger partial charge in [0.25, 0.3) is 0 Å². The minimum atomic E-state index is -0.902. The van der Waals surface area contributed by atoms with Crippen molar-refractivity contribution >= 4 is 23.3 Å². The summed E-state index contributed by atoms with van der Waals surface area (Å²) in [6.07, 6.45) is 0. The van der Waals surface area contributed by atoms with E-state index in [0.717, 1.165) is 18.8 Å². The van der Waals surface area contributed by atoms with Gasteiger partial charge in [-0.2, -0.15) is 0 Å². The first-order valence-corrected chi connectivity index (χ1v) is 5.23. The maximum absolute atomic E-state index is 11.0. The number of carbonyl (C=O) groups is 1. The van der Waals surface area contributed by atoms with Crippen molar-refractivity contribution in [1.29, 1.82) is 0 Å². The van der Waals surface area contributed by atoms with Crippen molar-refractivity contribution in [1.82, 2.24) is 0 Å². The third-order valence-electron chi connectivity index (χ3n) is 2.59. The number of hydrogen-bond donors (Lipinski definition) is 1. The zero-order valence-corrected chi connectivity index (χ0v) is 9.16. The van der Waals surface area contributed by atoms with E-state index in [0.29, 0.717) is 16.5 Å². The van der Waals surface area contributed by atoms with Crippen LogP contribution in [0.2, 0.25) is 5.02 Å². The number of anilines is 1. The molecule has 0 bridgehead atoms. The van der Waals surface area contributed by atoms with E-state index in [9.17, 15) is 4.79 Å². The molecule has 0 aliphatic carbocycles. The molecule has 1 N–H and O–H groups in total.